The van der Waals surface area contributed by atoms with Crippen LogP contribution in [0.4, 0.5) is 9.93 Å². The van der Waals surface area contributed by atoms with E-state index in [4.69, 9.17) is 9.84 Å². The van der Waals surface area contributed by atoms with Gasteiger partial charge in [0.15, 0.2) is 5.13 Å². The van der Waals surface area contributed by atoms with Crippen LogP contribution in [0.5, 0.6) is 0 Å². The zero-order chi connectivity index (χ0) is 15.5. The summed E-state index contributed by atoms with van der Waals surface area (Å²) in [5, 5.41) is 11.9. The lowest BCUT2D eigenvalue weighted by Crippen LogP contribution is -2.27. The number of aliphatic carboxylic acids is 1. The maximum Gasteiger partial charge on any atom is 0.413 e. The molecule has 6 nitrogen and oxygen atoms in total. The molecule has 0 bridgehead atoms. The maximum atomic E-state index is 11.6. The van der Waals surface area contributed by atoms with Crippen molar-refractivity contribution in [3.05, 3.63) is 10.6 Å². The summed E-state index contributed by atoms with van der Waals surface area (Å²) in [6.45, 7) is 8.77. The van der Waals surface area contributed by atoms with Crippen molar-refractivity contribution >= 4 is 28.5 Å². The summed E-state index contributed by atoms with van der Waals surface area (Å²) in [7, 11) is 0. The van der Waals surface area contributed by atoms with Crippen molar-refractivity contribution in [2.45, 2.75) is 46.6 Å². The Morgan fingerprint density at radius 2 is 2.05 bits per heavy atom. The van der Waals surface area contributed by atoms with E-state index in [2.05, 4.69) is 10.3 Å². The van der Waals surface area contributed by atoms with Gasteiger partial charge in [-0.3, -0.25) is 10.1 Å². The van der Waals surface area contributed by atoms with E-state index >= 15 is 0 Å². The maximum absolute atomic E-state index is 11.6. The largest absolute Gasteiger partial charge is 0.481 e. The summed E-state index contributed by atoms with van der Waals surface area (Å²) >= 11 is 1.27. The lowest BCUT2D eigenvalue weighted by atomic mass is 10.1. The van der Waals surface area contributed by atoms with Gasteiger partial charge in [-0.1, -0.05) is 6.92 Å². The number of rotatable bonds is 4. The Labute approximate surface area is 122 Å². The van der Waals surface area contributed by atoms with Crippen LogP contribution in [-0.4, -0.2) is 27.8 Å². The summed E-state index contributed by atoms with van der Waals surface area (Å²) < 4.78 is 5.13. The highest BCUT2D eigenvalue weighted by Crippen LogP contribution is 2.25. The van der Waals surface area contributed by atoms with E-state index in [0.29, 0.717) is 11.6 Å². The molecule has 1 amide bonds. The molecule has 0 aromatic carbocycles. The Bertz CT molecular complexity index is 505. The average Bonchev–Trinajstić information content (AvgIpc) is 2.55. The van der Waals surface area contributed by atoms with Gasteiger partial charge >= 0.3 is 12.1 Å². The first-order valence-electron chi connectivity index (χ1n) is 6.27. The van der Waals surface area contributed by atoms with E-state index in [-0.39, 0.29) is 0 Å². The molecule has 1 rings (SSSR count). The second-order valence-corrected chi connectivity index (χ2v) is 6.68. The van der Waals surface area contributed by atoms with Crippen LogP contribution in [0.2, 0.25) is 0 Å². The van der Waals surface area contributed by atoms with Gasteiger partial charge in [0.1, 0.15) is 5.60 Å². The topological polar surface area (TPSA) is 88.5 Å². The first-order valence-corrected chi connectivity index (χ1v) is 7.09. The van der Waals surface area contributed by atoms with Crippen LogP contribution in [0.1, 0.15) is 38.3 Å². The van der Waals surface area contributed by atoms with Crippen molar-refractivity contribution in [1.82, 2.24) is 4.98 Å². The highest BCUT2D eigenvalue weighted by Gasteiger charge is 2.19. The van der Waals surface area contributed by atoms with Crippen molar-refractivity contribution in [3.63, 3.8) is 0 Å². The molecular formula is C13H20N2O4S. The first-order chi connectivity index (χ1) is 9.08. The van der Waals surface area contributed by atoms with E-state index < -0.39 is 23.6 Å². The average molecular weight is 300 g/mol. The van der Waals surface area contributed by atoms with Crippen molar-refractivity contribution in [2.24, 2.45) is 5.92 Å². The summed E-state index contributed by atoms with van der Waals surface area (Å²) in [6.07, 6.45) is -0.168. The van der Waals surface area contributed by atoms with E-state index in [1.807, 2.05) is 0 Å². The fraction of sp³-hybridized carbons (Fsp3) is 0.615. The highest BCUT2D eigenvalue weighted by molar-refractivity contribution is 7.15. The van der Waals surface area contributed by atoms with E-state index in [1.54, 1.807) is 34.6 Å². The van der Waals surface area contributed by atoms with Gasteiger partial charge in [-0.2, -0.15) is 0 Å². The minimum atomic E-state index is -0.848. The van der Waals surface area contributed by atoms with Gasteiger partial charge in [0.2, 0.25) is 0 Å². The number of hydrogen-bond acceptors (Lipinski definition) is 5. The van der Waals surface area contributed by atoms with Crippen LogP contribution in [0.15, 0.2) is 0 Å². The Balaban J connectivity index is 2.70. The Morgan fingerprint density at radius 1 is 1.45 bits per heavy atom. The smallest absolute Gasteiger partial charge is 0.413 e. The Morgan fingerprint density at radius 3 is 2.55 bits per heavy atom. The minimum Gasteiger partial charge on any atom is -0.481 e. The van der Waals surface area contributed by atoms with Gasteiger partial charge in [0.05, 0.1) is 11.6 Å². The van der Waals surface area contributed by atoms with Gasteiger partial charge in [0, 0.05) is 4.88 Å². The zero-order valence-corrected chi connectivity index (χ0v) is 13.1. The normalized spacial score (nSPS) is 12.8. The number of nitrogens with zero attached hydrogens (tertiary/aromatic N) is 1. The van der Waals surface area contributed by atoms with Gasteiger partial charge in [-0.25, -0.2) is 9.78 Å². The number of amides is 1. The third kappa shape index (κ3) is 5.16. The number of thiazole rings is 1. The molecule has 2 N–H and O–H groups in total. The molecule has 1 aromatic rings. The third-order valence-corrected chi connectivity index (χ3v) is 3.51. The Hall–Kier alpha value is -1.63. The molecule has 0 radical (unpaired) electrons. The Kier molecular flexibility index (Phi) is 5.10. The van der Waals surface area contributed by atoms with Crippen molar-refractivity contribution in [3.8, 4) is 0 Å². The number of aryl methyl sites for hydroxylation is 1. The highest BCUT2D eigenvalue weighted by atomic mass is 32.1. The minimum absolute atomic E-state index is 0.398. The molecule has 1 atom stereocenters. The van der Waals surface area contributed by atoms with Gasteiger partial charge in [0.25, 0.3) is 0 Å². The van der Waals surface area contributed by atoms with Crippen molar-refractivity contribution < 1.29 is 19.4 Å². The number of carboxylic acids is 1. The van der Waals surface area contributed by atoms with Crippen LogP contribution in [0, 0.1) is 12.8 Å². The lowest BCUT2D eigenvalue weighted by Gasteiger charge is -2.18. The SMILES string of the molecule is Cc1nc(NC(=O)OC(C)(C)C)sc1CC(C)C(=O)O. The van der Waals surface area contributed by atoms with Crippen LogP contribution in [-0.2, 0) is 16.0 Å². The van der Waals surface area contributed by atoms with Gasteiger partial charge < -0.3 is 9.84 Å². The molecule has 1 heterocycles. The molecule has 0 spiro atoms. The third-order valence-electron chi connectivity index (χ3n) is 2.41. The van der Waals surface area contributed by atoms with E-state index in [9.17, 15) is 9.59 Å². The number of hydrogen-bond donors (Lipinski definition) is 2. The molecule has 1 unspecified atom stereocenters. The summed E-state index contributed by atoms with van der Waals surface area (Å²) in [5.74, 6) is -1.33. The van der Waals surface area contributed by atoms with Crippen molar-refractivity contribution in [2.75, 3.05) is 5.32 Å². The predicted octanol–water partition coefficient (Wildman–Crippen LogP) is 3.06. The quantitative estimate of drug-likeness (QED) is 0.892. The monoisotopic (exact) mass is 300 g/mol. The molecular weight excluding hydrogens is 280 g/mol. The standard InChI is InChI=1S/C13H20N2O4S/c1-7(10(16)17)6-9-8(2)14-11(20-9)15-12(18)19-13(3,4)5/h7H,6H2,1-5H3,(H,16,17)(H,14,15,18). The van der Waals surface area contributed by atoms with E-state index in [1.165, 1.54) is 11.3 Å². The molecule has 0 aliphatic rings. The number of carbonyl (C=O) groups excluding carboxylic acids is 1. The fourth-order valence-corrected chi connectivity index (χ4v) is 2.50. The number of anilines is 1. The fourth-order valence-electron chi connectivity index (χ4n) is 1.43. The number of carboxylic acid groups (broad SMARTS) is 1. The lowest BCUT2D eigenvalue weighted by molar-refractivity contribution is -0.141. The zero-order valence-electron chi connectivity index (χ0n) is 12.3. The van der Waals surface area contributed by atoms with E-state index in [0.717, 1.165) is 10.6 Å². The van der Waals surface area contributed by atoms with Gasteiger partial charge in [-0.15, -0.1) is 11.3 Å². The summed E-state index contributed by atoms with van der Waals surface area (Å²) in [5.41, 5.74) is 0.158. The molecule has 112 valence electrons. The molecule has 7 heteroatoms. The number of carbonyl (C=O) groups is 2. The molecule has 0 saturated carbocycles. The molecule has 20 heavy (non-hydrogen) atoms. The van der Waals surface area contributed by atoms with Crippen molar-refractivity contribution in [1.29, 1.82) is 0 Å². The molecule has 0 fully saturated rings. The number of aromatic nitrogens is 1. The predicted molar refractivity (Wildman–Crippen MR) is 77.2 cm³/mol. The second-order valence-electron chi connectivity index (χ2n) is 5.60. The van der Waals surface area contributed by atoms with Crippen LogP contribution >= 0.6 is 11.3 Å². The van der Waals surface area contributed by atoms with Crippen LogP contribution in [0.3, 0.4) is 0 Å². The number of ether oxygens (including phenoxy) is 1. The summed E-state index contributed by atoms with van der Waals surface area (Å²) in [6, 6.07) is 0. The number of nitrogens with one attached hydrogen (secondary N) is 1. The van der Waals surface area contributed by atoms with Crippen LogP contribution < -0.4 is 5.32 Å². The first kappa shape index (κ1) is 16.4. The molecule has 0 aliphatic carbocycles. The second kappa shape index (κ2) is 6.21. The van der Waals surface area contributed by atoms with Crippen LogP contribution in [0.25, 0.3) is 0 Å². The summed E-state index contributed by atoms with van der Waals surface area (Å²) in [4.78, 5) is 27.5. The molecule has 0 aliphatic heterocycles. The molecule has 1 aromatic heterocycles. The van der Waals surface area contributed by atoms with Gasteiger partial charge in [-0.05, 0) is 34.1 Å². The molecule has 0 saturated heterocycles.